The molecule has 1 aromatic rings. The highest BCUT2D eigenvalue weighted by Crippen LogP contribution is 2.21. The summed E-state index contributed by atoms with van der Waals surface area (Å²) in [6.07, 6.45) is 0. The summed E-state index contributed by atoms with van der Waals surface area (Å²) in [6, 6.07) is 4.20. The summed E-state index contributed by atoms with van der Waals surface area (Å²) < 4.78 is 24.0. The van der Waals surface area contributed by atoms with Gasteiger partial charge in [0.05, 0.1) is 18.1 Å². The molecule has 0 atom stereocenters. The van der Waals surface area contributed by atoms with E-state index in [2.05, 4.69) is 0 Å². The van der Waals surface area contributed by atoms with Gasteiger partial charge in [-0.2, -0.15) is 4.39 Å². The van der Waals surface area contributed by atoms with Crippen LogP contribution in [-0.4, -0.2) is 50.3 Å². The molecule has 0 aliphatic heterocycles. The average Bonchev–Trinajstić information content (AvgIpc) is 2.43. The molecule has 6 nitrogen and oxygen atoms in total. The van der Waals surface area contributed by atoms with Crippen molar-refractivity contribution < 1.29 is 18.8 Å². The van der Waals surface area contributed by atoms with Crippen molar-refractivity contribution in [3.05, 3.63) is 39.7 Å². The molecule has 0 radical (unpaired) electrons. The second-order valence-corrected chi connectivity index (χ2v) is 4.27. The van der Waals surface area contributed by atoms with Crippen molar-refractivity contribution >= 4 is 5.69 Å². The predicted octanol–water partition coefficient (Wildman–Crippen LogP) is 1.83. The molecule has 0 saturated carbocycles. The van der Waals surface area contributed by atoms with Gasteiger partial charge in [0.15, 0.2) is 0 Å². The number of nitro benzene ring substituents is 1. The highest BCUT2D eigenvalue weighted by Gasteiger charge is 2.18. The van der Waals surface area contributed by atoms with Gasteiger partial charge >= 0.3 is 5.69 Å². The van der Waals surface area contributed by atoms with Crippen LogP contribution in [0.2, 0.25) is 0 Å². The van der Waals surface area contributed by atoms with E-state index in [-0.39, 0.29) is 6.54 Å². The minimum absolute atomic E-state index is 0.278. The zero-order valence-corrected chi connectivity index (χ0v) is 11.7. The minimum atomic E-state index is -0.780. The van der Waals surface area contributed by atoms with Crippen LogP contribution in [0.3, 0.4) is 0 Å². The van der Waals surface area contributed by atoms with Crippen molar-refractivity contribution in [2.75, 3.05) is 40.5 Å². The molecule has 0 spiro atoms. The van der Waals surface area contributed by atoms with Gasteiger partial charge < -0.3 is 9.47 Å². The lowest BCUT2D eigenvalue weighted by Crippen LogP contribution is -2.30. The van der Waals surface area contributed by atoms with Gasteiger partial charge in [-0.1, -0.05) is 12.1 Å². The number of rotatable bonds is 9. The van der Waals surface area contributed by atoms with Crippen LogP contribution < -0.4 is 0 Å². The molecular formula is C13H19FN2O4. The zero-order valence-electron chi connectivity index (χ0n) is 11.7. The van der Waals surface area contributed by atoms with E-state index in [0.717, 1.165) is 6.07 Å². The number of halogens is 1. The van der Waals surface area contributed by atoms with Crippen molar-refractivity contribution in [3.63, 3.8) is 0 Å². The van der Waals surface area contributed by atoms with E-state index in [9.17, 15) is 14.5 Å². The molecular weight excluding hydrogens is 267 g/mol. The van der Waals surface area contributed by atoms with Crippen molar-refractivity contribution in [3.8, 4) is 0 Å². The Balaban J connectivity index is 2.81. The first-order valence-corrected chi connectivity index (χ1v) is 6.22. The molecule has 0 bridgehead atoms. The molecule has 0 unspecified atom stereocenters. The van der Waals surface area contributed by atoms with Gasteiger partial charge in [-0.15, -0.1) is 0 Å². The van der Waals surface area contributed by atoms with Crippen LogP contribution in [-0.2, 0) is 16.0 Å². The van der Waals surface area contributed by atoms with Gasteiger partial charge in [0, 0.05) is 45.5 Å². The molecule has 0 N–H and O–H groups in total. The SMILES string of the molecule is COCCN(CCOC)Cc1cccc([N+](=O)[O-])c1F. The number of nitrogens with zero attached hydrogens (tertiary/aromatic N) is 2. The Labute approximate surface area is 117 Å². The van der Waals surface area contributed by atoms with Crippen molar-refractivity contribution in [2.24, 2.45) is 0 Å². The molecule has 20 heavy (non-hydrogen) atoms. The van der Waals surface area contributed by atoms with Crippen LogP contribution in [0.5, 0.6) is 0 Å². The second-order valence-electron chi connectivity index (χ2n) is 4.27. The predicted molar refractivity (Wildman–Crippen MR) is 72.1 cm³/mol. The van der Waals surface area contributed by atoms with Crippen molar-refractivity contribution in [1.29, 1.82) is 0 Å². The smallest absolute Gasteiger partial charge is 0.305 e. The zero-order chi connectivity index (χ0) is 15.0. The molecule has 0 heterocycles. The Morgan fingerprint density at radius 3 is 2.35 bits per heavy atom. The quantitative estimate of drug-likeness (QED) is 0.512. The average molecular weight is 286 g/mol. The second kappa shape index (κ2) is 8.57. The number of hydrogen-bond acceptors (Lipinski definition) is 5. The number of nitro groups is 1. The summed E-state index contributed by atoms with van der Waals surface area (Å²) in [6.45, 7) is 2.48. The van der Waals surface area contributed by atoms with E-state index in [4.69, 9.17) is 9.47 Å². The Kier molecular flexibility index (Phi) is 7.06. The van der Waals surface area contributed by atoms with Gasteiger partial charge in [0.1, 0.15) is 0 Å². The Morgan fingerprint density at radius 1 is 1.25 bits per heavy atom. The molecule has 0 aliphatic carbocycles. The molecule has 112 valence electrons. The van der Waals surface area contributed by atoms with Crippen LogP contribution in [0.4, 0.5) is 10.1 Å². The Bertz CT molecular complexity index is 434. The Hall–Kier alpha value is -1.57. The number of methoxy groups -OCH3 is 2. The molecule has 0 amide bonds. The van der Waals surface area contributed by atoms with E-state index in [1.54, 1.807) is 20.3 Å². The van der Waals surface area contributed by atoms with E-state index in [1.807, 2.05) is 4.90 Å². The fourth-order valence-corrected chi connectivity index (χ4v) is 1.78. The topological polar surface area (TPSA) is 64.8 Å². The van der Waals surface area contributed by atoms with Crippen LogP contribution in [0, 0.1) is 15.9 Å². The van der Waals surface area contributed by atoms with Gasteiger partial charge in [-0.25, -0.2) is 0 Å². The maximum Gasteiger partial charge on any atom is 0.305 e. The first kappa shape index (κ1) is 16.5. The number of ether oxygens (including phenoxy) is 2. The lowest BCUT2D eigenvalue weighted by molar-refractivity contribution is -0.387. The largest absolute Gasteiger partial charge is 0.383 e. The van der Waals surface area contributed by atoms with Gasteiger partial charge in [-0.3, -0.25) is 15.0 Å². The third-order valence-corrected chi connectivity index (χ3v) is 2.87. The molecule has 0 saturated heterocycles. The third-order valence-electron chi connectivity index (χ3n) is 2.87. The monoisotopic (exact) mass is 286 g/mol. The van der Waals surface area contributed by atoms with Crippen molar-refractivity contribution in [2.45, 2.75) is 6.54 Å². The summed E-state index contributed by atoms with van der Waals surface area (Å²) in [5.74, 6) is -0.780. The van der Waals surface area contributed by atoms with Crippen molar-refractivity contribution in [1.82, 2.24) is 4.90 Å². The fourth-order valence-electron chi connectivity index (χ4n) is 1.78. The first-order chi connectivity index (χ1) is 9.60. The molecule has 1 aromatic carbocycles. The standard InChI is InChI=1S/C13H19FN2O4/c1-19-8-6-15(7-9-20-2)10-11-4-3-5-12(13(11)14)16(17)18/h3-5H,6-10H2,1-2H3. The van der Waals surface area contributed by atoms with Gasteiger partial charge in [0.25, 0.3) is 0 Å². The third kappa shape index (κ3) is 4.84. The van der Waals surface area contributed by atoms with E-state index < -0.39 is 16.4 Å². The lowest BCUT2D eigenvalue weighted by atomic mass is 10.1. The van der Waals surface area contributed by atoms with Gasteiger partial charge in [0.2, 0.25) is 5.82 Å². The van der Waals surface area contributed by atoms with E-state index >= 15 is 0 Å². The van der Waals surface area contributed by atoms with Crippen LogP contribution >= 0.6 is 0 Å². The maximum atomic E-state index is 14.0. The molecule has 7 heteroatoms. The van der Waals surface area contributed by atoms with Gasteiger partial charge in [-0.05, 0) is 0 Å². The molecule has 0 aromatic heterocycles. The first-order valence-electron chi connectivity index (χ1n) is 6.22. The van der Waals surface area contributed by atoms with Crippen LogP contribution in [0.15, 0.2) is 18.2 Å². The molecule has 0 fully saturated rings. The minimum Gasteiger partial charge on any atom is -0.383 e. The number of benzene rings is 1. The Morgan fingerprint density at radius 2 is 1.85 bits per heavy atom. The summed E-state index contributed by atoms with van der Waals surface area (Å²) in [4.78, 5) is 11.9. The van der Waals surface area contributed by atoms with Crippen LogP contribution in [0.1, 0.15) is 5.56 Å². The summed E-state index contributed by atoms with van der Waals surface area (Å²) >= 11 is 0. The lowest BCUT2D eigenvalue weighted by Gasteiger charge is -2.21. The van der Waals surface area contributed by atoms with Crippen LogP contribution in [0.25, 0.3) is 0 Å². The molecule has 1 rings (SSSR count). The highest BCUT2D eigenvalue weighted by atomic mass is 19.1. The normalized spacial score (nSPS) is 11.0. The summed E-state index contributed by atoms with van der Waals surface area (Å²) in [7, 11) is 3.17. The summed E-state index contributed by atoms with van der Waals surface area (Å²) in [5, 5.41) is 10.7. The highest BCUT2D eigenvalue weighted by molar-refractivity contribution is 5.36. The maximum absolute atomic E-state index is 14.0. The van der Waals surface area contributed by atoms with E-state index in [1.165, 1.54) is 6.07 Å². The molecule has 0 aliphatic rings. The fraction of sp³-hybridized carbons (Fsp3) is 0.538. The number of hydrogen-bond donors (Lipinski definition) is 0. The summed E-state index contributed by atoms with van der Waals surface area (Å²) in [5.41, 5.74) is -0.202. The van der Waals surface area contributed by atoms with E-state index in [0.29, 0.717) is 31.9 Å².